The number of fused-ring (bicyclic) bond motifs is 4. The molecule has 2 N–H and O–H groups in total. The zero-order valence-corrected chi connectivity index (χ0v) is 18.9. The minimum absolute atomic E-state index is 0.229. The van der Waals surface area contributed by atoms with E-state index in [1.807, 2.05) is 14.0 Å². The van der Waals surface area contributed by atoms with Crippen molar-refractivity contribution in [2.75, 3.05) is 12.4 Å². The van der Waals surface area contributed by atoms with Gasteiger partial charge in [-0.2, -0.15) is 0 Å². The second-order valence-electron chi connectivity index (χ2n) is 10.1. The Morgan fingerprint density at radius 2 is 1.97 bits per heavy atom. The van der Waals surface area contributed by atoms with Gasteiger partial charge in [0, 0.05) is 36.9 Å². The van der Waals surface area contributed by atoms with Gasteiger partial charge in [0.05, 0.1) is 0 Å². The third kappa shape index (κ3) is 3.03. The molecule has 0 radical (unpaired) electrons. The number of allylic oxidation sites excluding steroid dienone is 4. The summed E-state index contributed by atoms with van der Waals surface area (Å²) in [7, 11) is 1.95. The van der Waals surface area contributed by atoms with Crippen LogP contribution in [0.5, 0.6) is 0 Å². The summed E-state index contributed by atoms with van der Waals surface area (Å²) in [6, 6.07) is 8.80. The summed E-state index contributed by atoms with van der Waals surface area (Å²) < 4.78 is 0. The molecule has 4 aliphatic carbocycles. The van der Waals surface area contributed by atoms with E-state index < -0.39 is 5.60 Å². The van der Waals surface area contributed by atoms with Crippen LogP contribution in [0, 0.1) is 29.1 Å². The molecular formula is C28H33NO2. The minimum atomic E-state index is -0.918. The number of Topliss-reactive ketones (excluding diaryl/α,β-unsaturated/α-hetero) is 1. The molecule has 3 heteroatoms. The van der Waals surface area contributed by atoms with E-state index in [2.05, 4.69) is 54.4 Å². The molecule has 3 fully saturated rings. The number of hydrogen-bond donors (Lipinski definition) is 2. The van der Waals surface area contributed by atoms with Crippen LogP contribution in [0.1, 0.15) is 70.3 Å². The van der Waals surface area contributed by atoms with Gasteiger partial charge < -0.3 is 10.4 Å². The summed E-state index contributed by atoms with van der Waals surface area (Å²) in [6.07, 6.45) is 8.18. The molecule has 4 aliphatic rings. The van der Waals surface area contributed by atoms with E-state index in [0.29, 0.717) is 30.5 Å². The molecule has 5 atom stereocenters. The predicted octanol–water partition coefficient (Wildman–Crippen LogP) is 5.38. The second-order valence-corrected chi connectivity index (χ2v) is 10.1. The highest BCUT2D eigenvalue weighted by Gasteiger charge is 2.62. The lowest BCUT2D eigenvalue weighted by molar-refractivity contribution is -0.118. The minimum Gasteiger partial charge on any atom is -0.388 e. The lowest BCUT2D eigenvalue weighted by Crippen LogP contribution is -2.50. The summed E-state index contributed by atoms with van der Waals surface area (Å²) in [5.41, 5.74) is 5.59. The van der Waals surface area contributed by atoms with Gasteiger partial charge in [-0.1, -0.05) is 36.6 Å². The number of benzene rings is 1. The SMILES string of the molecule is CC#C[C@]1(O)CCC2C3CC=C4CC(=O)CCC4=C3C(c3ccc(NC)cc3)C[C@@]21C. The number of carbonyl (C=O) groups excluding carboxylic acids is 1. The standard InChI is InChI=1S/C28H33NO2/c1-4-14-28(31)15-13-25-23-11-7-19-16-21(30)10-12-22(19)26(23)24(17-27(25,28)2)18-5-8-20(29-3)9-6-18/h5-9,23-25,29,31H,10-13,15-17H2,1-3H3/t23?,24?,25?,27-,28-/m0/s1. The van der Waals surface area contributed by atoms with Crippen LogP contribution < -0.4 is 5.32 Å². The van der Waals surface area contributed by atoms with Crippen LogP contribution in [0.15, 0.2) is 47.1 Å². The topological polar surface area (TPSA) is 49.3 Å². The second kappa shape index (κ2) is 7.38. The van der Waals surface area contributed by atoms with E-state index in [0.717, 1.165) is 37.8 Å². The van der Waals surface area contributed by atoms with E-state index in [1.165, 1.54) is 16.7 Å². The van der Waals surface area contributed by atoms with Crippen LogP contribution in [0.3, 0.4) is 0 Å². The van der Waals surface area contributed by atoms with Gasteiger partial charge in [-0.25, -0.2) is 0 Å². The monoisotopic (exact) mass is 415 g/mol. The molecule has 0 spiro atoms. The summed E-state index contributed by atoms with van der Waals surface area (Å²) in [5.74, 6) is 7.77. The van der Waals surface area contributed by atoms with E-state index >= 15 is 0 Å². The molecule has 3 nitrogen and oxygen atoms in total. The Hall–Kier alpha value is -2.31. The number of hydrogen-bond acceptors (Lipinski definition) is 3. The van der Waals surface area contributed by atoms with Crippen LogP contribution in [-0.2, 0) is 4.79 Å². The molecular weight excluding hydrogens is 382 g/mol. The highest BCUT2D eigenvalue weighted by Crippen LogP contribution is 2.66. The Bertz CT molecular complexity index is 1040. The van der Waals surface area contributed by atoms with Gasteiger partial charge in [0.15, 0.2) is 0 Å². The lowest BCUT2D eigenvalue weighted by atomic mass is 9.51. The zero-order chi connectivity index (χ0) is 21.8. The van der Waals surface area contributed by atoms with Gasteiger partial charge in [-0.3, -0.25) is 4.79 Å². The number of anilines is 1. The Balaban J connectivity index is 1.66. The summed E-state index contributed by atoms with van der Waals surface area (Å²) >= 11 is 0. The smallest absolute Gasteiger partial charge is 0.137 e. The molecule has 0 saturated heterocycles. The van der Waals surface area contributed by atoms with Gasteiger partial charge in [-0.05, 0) is 79.7 Å². The van der Waals surface area contributed by atoms with Crippen molar-refractivity contribution in [3.8, 4) is 11.8 Å². The van der Waals surface area contributed by atoms with E-state index in [1.54, 1.807) is 5.57 Å². The highest BCUT2D eigenvalue weighted by molar-refractivity contribution is 5.84. The van der Waals surface area contributed by atoms with Gasteiger partial charge in [-0.15, -0.1) is 5.92 Å². The summed E-state index contributed by atoms with van der Waals surface area (Å²) in [6.45, 7) is 4.13. The Morgan fingerprint density at radius 3 is 2.68 bits per heavy atom. The van der Waals surface area contributed by atoms with Crippen LogP contribution >= 0.6 is 0 Å². The van der Waals surface area contributed by atoms with E-state index in [4.69, 9.17) is 0 Å². The quantitative estimate of drug-likeness (QED) is 0.638. The molecule has 3 unspecified atom stereocenters. The number of carbonyl (C=O) groups is 1. The van der Waals surface area contributed by atoms with Crippen molar-refractivity contribution >= 4 is 11.5 Å². The predicted molar refractivity (Wildman–Crippen MR) is 125 cm³/mol. The van der Waals surface area contributed by atoms with E-state index in [-0.39, 0.29) is 11.3 Å². The van der Waals surface area contributed by atoms with Crippen molar-refractivity contribution in [2.24, 2.45) is 17.3 Å². The van der Waals surface area contributed by atoms with Crippen LogP contribution in [0.2, 0.25) is 0 Å². The number of ketones is 1. The van der Waals surface area contributed by atoms with Crippen molar-refractivity contribution < 1.29 is 9.90 Å². The first kappa shape index (κ1) is 20.6. The average molecular weight is 416 g/mol. The van der Waals surface area contributed by atoms with Crippen LogP contribution in [0.25, 0.3) is 0 Å². The van der Waals surface area contributed by atoms with Crippen molar-refractivity contribution in [1.82, 2.24) is 0 Å². The first-order valence-corrected chi connectivity index (χ1v) is 11.8. The molecule has 162 valence electrons. The fourth-order valence-corrected chi connectivity index (χ4v) is 7.19. The Kier molecular flexibility index (Phi) is 4.90. The van der Waals surface area contributed by atoms with Crippen LogP contribution in [0.4, 0.5) is 5.69 Å². The van der Waals surface area contributed by atoms with Crippen molar-refractivity contribution in [3.63, 3.8) is 0 Å². The Labute approximate surface area is 186 Å². The third-order valence-electron chi connectivity index (χ3n) is 8.80. The molecule has 3 saturated carbocycles. The number of aliphatic hydroxyl groups is 1. The molecule has 5 rings (SSSR count). The Morgan fingerprint density at radius 1 is 1.19 bits per heavy atom. The molecule has 1 aromatic rings. The van der Waals surface area contributed by atoms with Gasteiger partial charge >= 0.3 is 0 Å². The maximum absolute atomic E-state index is 12.2. The normalized spacial score (nSPS) is 36.6. The summed E-state index contributed by atoms with van der Waals surface area (Å²) in [4.78, 5) is 12.2. The van der Waals surface area contributed by atoms with E-state index in [9.17, 15) is 9.90 Å². The molecule has 0 aliphatic heterocycles. The fourth-order valence-electron chi connectivity index (χ4n) is 7.19. The maximum atomic E-state index is 12.2. The average Bonchev–Trinajstić information content (AvgIpc) is 3.03. The fraction of sp³-hybridized carbons (Fsp3) is 0.536. The molecule has 31 heavy (non-hydrogen) atoms. The van der Waals surface area contributed by atoms with Gasteiger partial charge in [0.2, 0.25) is 0 Å². The first-order chi connectivity index (χ1) is 14.9. The number of nitrogens with one attached hydrogen (secondary N) is 1. The maximum Gasteiger partial charge on any atom is 0.137 e. The summed E-state index contributed by atoms with van der Waals surface area (Å²) in [5, 5.41) is 14.9. The first-order valence-electron chi connectivity index (χ1n) is 11.8. The lowest BCUT2D eigenvalue weighted by Gasteiger charge is -2.53. The van der Waals surface area contributed by atoms with Gasteiger partial charge in [0.1, 0.15) is 11.4 Å². The zero-order valence-electron chi connectivity index (χ0n) is 18.9. The van der Waals surface area contributed by atoms with Gasteiger partial charge in [0.25, 0.3) is 0 Å². The van der Waals surface area contributed by atoms with Crippen molar-refractivity contribution in [3.05, 3.63) is 52.6 Å². The largest absolute Gasteiger partial charge is 0.388 e. The molecule has 0 heterocycles. The molecule has 0 aromatic heterocycles. The number of rotatable bonds is 2. The highest BCUT2D eigenvalue weighted by atomic mass is 16.3. The molecule has 1 aromatic carbocycles. The van der Waals surface area contributed by atoms with Crippen molar-refractivity contribution in [2.45, 2.75) is 70.3 Å². The van der Waals surface area contributed by atoms with Crippen molar-refractivity contribution in [1.29, 1.82) is 0 Å². The molecule has 0 bridgehead atoms. The van der Waals surface area contributed by atoms with Crippen LogP contribution in [-0.4, -0.2) is 23.5 Å². The third-order valence-corrected chi connectivity index (χ3v) is 8.80. The molecule has 0 amide bonds.